The van der Waals surface area contributed by atoms with E-state index in [-0.39, 0.29) is 38.6 Å². The van der Waals surface area contributed by atoms with Crippen LogP contribution in [0, 0.1) is 22.9 Å². The van der Waals surface area contributed by atoms with E-state index in [4.69, 9.17) is 21.4 Å². The van der Waals surface area contributed by atoms with Gasteiger partial charge in [-0.3, -0.25) is 4.79 Å². The molecule has 4 N–H and O–H groups in total. The predicted molar refractivity (Wildman–Crippen MR) is 101 cm³/mol. The number of hydrogen-bond donors (Lipinski definition) is 4. The minimum atomic E-state index is -1.64. The largest absolute Gasteiger partial charge is 0.464 e. The van der Waals surface area contributed by atoms with Gasteiger partial charge < -0.3 is 34.1 Å². The van der Waals surface area contributed by atoms with E-state index < -0.39 is 37.3 Å². The standard InChI is InChI=1S/C19H20N2O7S/c1-8-13(9(2)23)14(11-4-3-5-27-11)10(6-20)19(29)21(8)18-17(26)16(25)15(24)12(7-22)28-18/h3-5,12,15-18,22,24-26H,7H2,1-2H3/t12-,15+,16+,17-,18+/m0/s1. The quantitative estimate of drug-likeness (QED) is 0.417. The number of pyridine rings is 1. The molecule has 1 saturated heterocycles. The van der Waals surface area contributed by atoms with E-state index in [1.807, 2.05) is 6.07 Å². The summed E-state index contributed by atoms with van der Waals surface area (Å²) in [6.45, 7) is 2.25. The number of nitriles is 1. The van der Waals surface area contributed by atoms with Crippen molar-refractivity contribution >= 4 is 18.0 Å². The van der Waals surface area contributed by atoms with Crippen molar-refractivity contribution in [3.8, 4) is 17.4 Å². The number of ether oxygens (including phenoxy) is 1. The molecule has 0 bridgehead atoms. The molecule has 29 heavy (non-hydrogen) atoms. The zero-order valence-electron chi connectivity index (χ0n) is 15.6. The van der Waals surface area contributed by atoms with E-state index in [1.165, 1.54) is 17.8 Å². The molecule has 1 fully saturated rings. The highest BCUT2D eigenvalue weighted by atomic mass is 32.1. The first-order chi connectivity index (χ1) is 13.7. The highest BCUT2D eigenvalue weighted by Crippen LogP contribution is 2.36. The van der Waals surface area contributed by atoms with Crippen LogP contribution >= 0.6 is 12.2 Å². The number of Topliss-reactive ketones (excluding diaryl/α,β-unsaturated/α-hetero) is 1. The van der Waals surface area contributed by atoms with E-state index in [2.05, 4.69) is 0 Å². The van der Waals surface area contributed by atoms with Crippen LogP contribution in [-0.4, -0.2) is 61.8 Å². The Bertz CT molecular complexity index is 1020. The van der Waals surface area contributed by atoms with Crippen molar-refractivity contribution in [2.24, 2.45) is 0 Å². The summed E-state index contributed by atoms with van der Waals surface area (Å²) < 4.78 is 12.2. The van der Waals surface area contributed by atoms with Crippen molar-refractivity contribution in [1.29, 1.82) is 5.26 Å². The van der Waals surface area contributed by atoms with Crippen molar-refractivity contribution in [2.45, 2.75) is 44.5 Å². The summed E-state index contributed by atoms with van der Waals surface area (Å²) in [6.07, 6.45) is -5.92. The Hall–Kier alpha value is -2.39. The maximum atomic E-state index is 12.5. The molecule has 0 saturated carbocycles. The van der Waals surface area contributed by atoms with Gasteiger partial charge in [-0.05, 0) is 26.0 Å². The second-order valence-corrected chi connectivity index (χ2v) is 7.14. The summed E-state index contributed by atoms with van der Waals surface area (Å²) >= 11 is 5.45. The summed E-state index contributed by atoms with van der Waals surface area (Å²) in [5, 5.41) is 49.9. The Labute approximate surface area is 171 Å². The molecule has 154 valence electrons. The number of nitrogens with zero attached hydrogens (tertiary/aromatic N) is 2. The number of aromatic nitrogens is 1. The van der Waals surface area contributed by atoms with Gasteiger partial charge in [-0.25, -0.2) is 0 Å². The van der Waals surface area contributed by atoms with Gasteiger partial charge in [0.2, 0.25) is 0 Å². The molecule has 2 aromatic heterocycles. The lowest BCUT2D eigenvalue weighted by molar-refractivity contribution is -0.252. The van der Waals surface area contributed by atoms with Crippen molar-refractivity contribution in [3.05, 3.63) is 39.9 Å². The van der Waals surface area contributed by atoms with Crippen molar-refractivity contribution in [3.63, 3.8) is 0 Å². The molecule has 1 aliphatic heterocycles. The van der Waals surface area contributed by atoms with E-state index in [1.54, 1.807) is 19.1 Å². The first-order valence-electron chi connectivity index (χ1n) is 8.79. The third kappa shape index (κ3) is 3.42. The number of hydrogen-bond acceptors (Lipinski definition) is 9. The molecule has 0 radical (unpaired) electrons. The lowest BCUT2D eigenvalue weighted by atomic mass is 9.94. The predicted octanol–water partition coefficient (Wildman–Crippen LogP) is 0.833. The Morgan fingerprint density at radius 1 is 1.31 bits per heavy atom. The molecular weight excluding hydrogens is 400 g/mol. The molecule has 5 atom stereocenters. The van der Waals surface area contributed by atoms with Gasteiger partial charge >= 0.3 is 0 Å². The fourth-order valence-corrected chi connectivity index (χ4v) is 4.00. The smallest absolute Gasteiger partial charge is 0.164 e. The molecule has 10 heteroatoms. The zero-order chi connectivity index (χ0) is 21.5. The molecule has 3 rings (SSSR count). The Balaban J connectivity index is 2.32. The van der Waals surface area contributed by atoms with Crippen LogP contribution in [-0.2, 0) is 4.74 Å². The fourth-order valence-electron chi connectivity index (χ4n) is 3.61. The van der Waals surface area contributed by atoms with Gasteiger partial charge in [0.25, 0.3) is 0 Å². The number of rotatable bonds is 4. The summed E-state index contributed by atoms with van der Waals surface area (Å²) in [5.41, 5.74) is 0.607. The molecule has 0 aliphatic carbocycles. The van der Waals surface area contributed by atoms with Crippen LogP contribution in [0.2, 0.25) is 0 Å². The zero-order valence-corrected chi connectivity index (χ0v) is 16.5. The summed E-state index contributed by atoms with van der Waals surface area (Å²) in [7, 11) is 0. The van der Waals surface area contributed by atoms with Gasteiger partial charge in [0, 0.05) is 11.3 Å². The lowest BCUT2D eigenvalue weighted by Gasteiger charge is -2.41. The van der Waals surface area contributed by atoms with Gasteiger partial charge in [-0.2, -0.15) is 5.26 Å². The molecule has 0 amide bonds. The monoisotopic (exact) mass is 420 g/mol. The first-order valence-corrected chi connectivity index (χ1v) is 9.19. The van der Waals surface area contributed by atoms with Crippen LogP contribution in [0.5, 0.6) is 0 Å². The number of carbonyl (C=O) groups excluding carboxylic acids is 1. The molecular formula is C19H20N2O7S. The first kappa shape index (κ1) is 21.3. The number of furan rings is 1. The second kappa shape index (κ2) is 8.16. The number of aliphatic hydroxyl groups is 4. The number of ketones is 1. The lowest BCUT2D eigenvalue weighted by Crippen LogP contribution is -2.56. The van der Waals surface area contributed by atoms with Crippen LogP contribution in [0.25, 0.3) is 11.3 Å². The molecule has 0 unspecified atom stereocenters. The topological polar surface area (TPSA) is 149 Å². The number of carbonyl (C=O) groups is 1. The van der Waals surface area contributed by atoms with Gasteiger partial charge in [0.05, 0.1) is 24.0 Å². The molecule has 2 aromatic rings. The minimum Gasteiger partial charge on any atom is -0.464 e. The minimum absolute atomic E-state index is 0.0392. The average Bonchev–Trinajstić information content (AvgIpc) is 3.21. The van der Waals surface area contributed by atoms with Crippen molar-refractivity contribution in [1.82, 2.24) is 4.57 Å². The fraction of sp³-hybridized carbons (Fsp3) is 0.421. The van der Waals surface area contributed by atoms with E-state index in [0.717, 1.165) is 0 Å². The second-order valence-electron chi connectivity index (χ2n) is 6.75. The van der Waals surface area contributed by atoms with Crippen LogP contribution in [0.1, 0.15) is 34.8 Å². The molecule has 1 aliphatic rings. The number of aliphatic hydroxyl groups excluding tert-OH is 4. The highest BCUT2D eigenvalue weighted by Gasteiger charge is 2.45. The van der Waals surface area contributed by atoms with Gasteiger partial charge in [-0.15, -0.1) is 0 Å². The van der Waals surface area contributed by atoms with Gasteiger partial charge in [0.15, 0.2) is 12.0 Å². The summed E-state index contributed by atoms with van der Waals surface area (Å²) in [5.74, 6) is -0.0966. The molecule has 9 nitrogen and oxygen atoms in total. The van der Waals surface area contributed by atoms with Crippen LogP contribution < -0.4 is 0 Å². The van der Waals surface area contributed by atoms with Crippen LogP contribution in [0.15, 0.2) is 22.8 Å². The van der Waals surface area contributed by atoms with E-state index in [9.17, 15) is 30.5 Å². The Morgan fingerprint density at radius 3 is 2.52 bits per heavy atom. The highest BCUT2D eigenvalue weighted by molar-refractivity contribution is 7.71. The van der Waals surface area contributed by atoms with Gasteiger partial charge in [-0.1, -0.05) is 12.2 Å². The maximum absolute atomic E-state index is 12.5. The van der Waals surface area contributed by atoms with Crippen molar-refractivity contribution < 1.29 is 34.4 Å². The molecule has 0 aromatic carbocycles. The summed E-state index contributed by atoms with van der Waals surface area (Å²) in [4.78, 5) is 12.5. The molecule has 3 heterocycles. The summed E-state index contributed by atoms with van der Waals surface area (Å²) in [6, 6.07) is 5.18. The van der Waals surface area contributed by atoms with E-state index in [0.29, 0.717) is 0 Å². The van der Waals surface area contributed by atoms with Gasteiger partial charge in [0.1, 0.15) is 40.9 Å². The van der Waals surface area contributed by atoms with Crippen LogP contribution in [0.3, 0.4) is 0 Å². The average molecular weight is 420 g/mol. The Morgan fingerprint density at radius 2 is 2.00 bits per heavy atom. The SMILES string of the molecule is CC(=O)c1c(-c2ccco2)c(C#N)c(=S)n([C@@H]2O[C@@H](CO)[C@@H](O)[C@@H](O)[C@@H]2O)c1C. The third-order valence-corrected chi connectivity index (χ3v) is 5.41. The van der Waals surface area contributed by atoms with Crippen molar-refractivity contribution in [2.75, 3.05) is 6.61 Å². The Kier molecular flexibility index (Phi) is 6.00. The maximum Gasteiger partial charge on any atom is 0.164 e. The van der Waals surface area contributed by atoms with Crippen LogP contribution in [0.4, 0.5) is 0 Å². The third-order valence-electron chi connectivity index (χ3n) is 5.01. The normalized spacial score (nSPS) is 26.9. The molecule has 0 spiro atoms. The van der Waals surface area contributed by atoms with E-state index >= 15 is 0 Å².